The molecule has 6 aliphatic rings. The van der Waals surface area contributed by atoms with Crippen molar-refractivity contribution in [1.82, 2.24) is 5.32 Å². The van der Waals surface area contributed by atoms with E-state index in [4.69, 9.17) is 23.7 Å². The van der Waals surface area contributed by atoms with Gasteiger partial charge in [0, 0.05) is 23.1 Å². The average molecular weight is 890 g/mol. The Bertz CT molecular complexity index is 2160. The molecule has 6 aliphatic carbocycles. The molecule has 14 nitrogen and oxygen atoms in total. The summed E-state index contributed by atoms with van der Waals surface area (Å²) in [4.78, 5) is 85.3. The fraction of sp³-hybridized carbons (Fsp3) is 0.625. The van der Waals surface area contributed by atoms with Crippen LogP contribution in [0.2, 0.25) is 0 Å². The van der Waals surface area contributed by atoms with Gasteiger partial charge in [0.15, 0.2) is 18.0 Å². The summed E-state index contributed by atoms with van der Waals surface area (Å²) >= 11 is 1.23. The van der Waals surface area contributed by atoms with E-state index in [9.17, 15) is 34.2 Å². The maximum Gasteiger partial charge on any atom is 0.408 e. The number of nitrogens with one attached hydrogen (secondary N) is 1. The number of ketones is 1. The van der Waals surface area contributed by atoms with Crippen LogP contribution in [0.15, 0.2) is 59.0 Å². The molecule has 11 atom stereocenters. The van der Waals surface area contributed by atoms with Crippen molar-refractivity contribution in [2.45, 2.75) is 154 Å². The van der Waals surface area contributed by atoms with Gasteiger partial charge in [-0.2, -0.15) is 0 Å². The molecule has 8 rings (SSSR count). The molecule has 1 aromatic heterocycles. The molecule has 0 spiro atoms. The monoisotopic (exact) mass is 889 g/mol. The van der Waals surface area contributed by atoms with Crippen LogP contribution in [-0.2, 0) is 42.9 Å². The zero-order valence-corrected chi connectivity index (χ0v) is 37.6. The highest BCUT2D eigenvalue weighted by Crippen LogP contribution is 2.69. The third-order valence-corrected chi connectivity index (χ3v) is 16.7. The molecule has 340 valence electrons. The number of aliphatic hydroxyl groups excluding tert-OH is 2. The molecule has 1 heterocycles. The third kappa shape index (κ3) is 7.69. The van der Waals surface area contributed by atoms with Gasteiger partial charge < -0.3 is 39.2 Å². The van der Waals surface area contributed by atoms with Crippen molar-refractivity contribution in [3.05, 3.63) is 69.4 Å². The van der Waals surface area contributed by atoms with Gasteiger partial charge in [0.1, 0.15) is 30.0 Å². The molecule has 2 aromatic rings. The van der Waals surface area contributed by atoms with Crippen molar-refractivity contribution in [2.75, 3.05) is 0 Å². The SMILES string of the molecule is CC(=O)O[C@@]12CC[C@@H]1CC(O)[C@@]1(C)C(=O)C(OC(=O)C3CC3)C3=C(C)[C@@H](OC(=O)[C@H](O)[C@@H](NC(=O)OC4CCCC4)c4cccs4)C[C@@](C)([C@@H](OC(=O)c4ccccc4)C12)C3(C)C. The number of esters is 4. The number of carbonyl (C=O) groups is 6. The highest BCUT2D eigenvalue weighted by Gasteiger charge is 2.76. The average Bonchev–Trinajstić information content (AvgIpc) is 3.70. The number of alkyl carbamates (subject to hydrolysis) is 1. The smallest absolute Gasteiger partial charge is 0.408 e. The molecule has 3 N–H and O–H groups in total. The Morgan fingerprint density at radius 3 is 2.19 bits per heavy atom. The van der Waals surface area contributed by atoms with Crippen molar-refractivity contribution in [2.24, 2.45) is 34.0 Å². The van der Waals surface area contributed by atoms with Gasteiger partial charge in [-0.3, -0.25) is 14.4 Å². The summed E-state index contributed by atoms with van der Waals surface area (Å²) in [7, 11) is 0. The normalized spacial score (nSPS) is 34.4. The third-order valence-electron chi connectivity index (χ3n) is 15.8. The molecule has 3 unspecified atom stereocenters. The number of aliphatic hydroxyl groups is 2. The van der Waals surface area contributed by atoms with Crippen molar-refractivity contribution in [3.63, 3.8) is 0 Å². The number of Topliss-reactive ketones (excluding diaryl/α,β-unsaturated/α-hetero) is 1. The summed E-state index contributed by atoms with van der Waals surface area (Å²) in [5, 5.41) is 28.6. The zero-order valence-electron chi connectivity index (χ0n) is 36.8. The Labute approximate surface area is 371 Å². The van der Waals surface area contributed by atoms with Crippen LogP contribution >= 0.6 is 11.3 Å². The van der Waals surface area contributed by atoms with Crippen LogP contribution in [0.1, 0.15) is 127 Å². The lowest BCUT2D eigenvalue weighted by atomic mass is 9.39. The second-order valence-electron chi connectivity index (χ2n) is 19.6. The van der Waals surface area contributed by atoms with Crippen molar-refractivity contribution in [1.29, 1.82) is 0 Å². The summed E-state index contributed by atoms with van der Waals surface area (Å²) in [5.74, 6) is -5.62. The number of rotatable bonds is 11. The number of thiophene rings is 1. The molecular weight excluding hydrogens is 831 g/mol. The minimum Gasteiger partial charge on any atom is -0.458 e. The van der Waals surface area contributed by atoms with E-state index in [1.165, 1.54) is 18.3 Å². The summed E-state index contributed by atoms with van der Waals surface area (Å²) < 4.78 is 31.3. The minimum absolute atomic E-state index is 0.0394. The Hall–Kier alpha value is -4.60. The van der Waals surface area contributed by atoms with E-state index in [-0.39, 0.29) is 24.5 Å². The quantitative estimate of drug-likeness (QED) is 0.122. The van der Waals surface area contributed by atoms with Crippen LogP contribution in [0.4, 0.5) is 4.79 Å². The number of ether oxygens (including phenoxy) is 5. The number of carbonyl (C=O) groups excluding carboxylic acids is 6. The fourth-order valence-electron chi connectivity index (χ4n) is 11.7. The van der Waals surface area contributed by atoms with Gasteiger partial charge in [0.25, 0.3) is 0 Å². The van der Waals surface area contributed by atoms with E-state index in [2.05, 4.69) is 5.32 Å². The number of amides is 1. The van der Waals surface area contributed by atoms with Crippen molar-refractivity contribution in [3.8, 4) is 0 Å². The Balaban J connectivity index is 1.26. The van der Waals surface area contributed by atoms with Gasteiger partial charge in [0.2, 0.25) is 0 Å². The predicted octanol–water partition coefficient (Wildman–Crippen LogP) is 6.71. The topological polar surface area (TPSA) is 201 Å². The summed E-state index contributed by atoms with van der Waals surface area (Å²) in [6, 6.07) is 10.5. The van der Waals surface area contributed by atoms with Gasteiger partial charge in [-0.1, -0.05) is 45.0 Å². The summed E-state index contributed by atoms with van der Waals surface area (Å²) in [6.45, 7) is 10.2. The first kappa shape index (κ1) is 45.0. The first-order valence-electron chi connectivity index (χ1n) is 22.3. The highest BCUT2D eigenvalue weighted by atomic mass is 32.1. The van der Waals surface area contributed by atoms with E-state index in [0.717, 1.165) is 25.7 Å². The Kier molecular flexibility index (Phi) is 12.0. The molecule has 1 amide bonds. The maximum atomic E-state index is 15.8. The van der Waals surface area contributed by atoms with Crippen LogP contribution in [0, 0.1) is 34.0 Å². The van der Waals surface area contributed by atoms with E-state index in [0.29, 0.717) is 41.7 Å². The van der Waals surface area contributed by atoms with E-state index >= 15 is 4.79 Å². The lowest BCUT2D eigenvalue weighted by Gasteiger charge is -2.68. The molecule has 0 radical (unpaired) electrons. The van der Waals surface area contributed by atoms with E-state index in [1.54, 1.807) is 61.7 Å². The molecule has 2 bridgehead atoms. The summed E-state index contributed by atoms with van der Waals surface area (Å²) in [5.41, 5.74) is -4.72. The number of benzene rings is 1. The number of hydrogen-bond donors (Lipinski definition) is 3. The fourth-order valence-corrected chi connectivity index (χ4v) is 12.5. The van der Waals surface area contributed by atoms with Crippen LogP contribution in [0.25, 0.3) is 0 Å². The molecule has 0 saturated heterocycles. The number of fused-ring (bicyclic) bond motifs is 5. The summed E-state index contributed by atoms with van der Waals surface area (Å²) in [6.07, 6.45) is -2.94. The molecule has 63 heavy (non-hydrogen) atoms. The van der Waals surface area contributed by atoms with Gasteiger partial charge in [0.05, 0.1) is 28.9 Å². The largest absolute Gasteiger partial charge is 0.458 e. The first-order chi connectivity index (χ1) is 29.8. The lowest BCUT2D eigenvalue weighted by molar-refractivity contribution is -0.285. The highest BCUT2D eigenvalue weighted by molar-refractivity contribution is 7.10. The van der Waals surface area contributed by atoms with E-state index in [1.807, 2.05) is 20.8 Å². The van der Waals surface area contributed by atoms with Gasteiger partial charge in [-0.05, 0) is 118 Å². The second-order valence-corrected chi connectivity index (χ2v) is 20.6. The number of hydrogen-bond acceptors (Lipinski definition) is 14. The molecule has 0 aliphatic heterocycles. The lowest BCUT2D eigenvalue weighted by Crippen LogP contribution is -2.76. The molecular formula is C48H59NO13S. The zero-order chi connectivity index (χ0) is 45.2. The van der Waals surface area contributed by atoms with Gasteiger partial charge in [-0.25, -0.2) is 14.4 Å². The van der Waals surface area contributed by atoms with Crippen molar-refractivity contribution < 1.29 is 62.7 Å². The van der Waals surface area contributed by atoms with Crippen LogP contribution in [0.5, 0.6) is 0 Å². The second kappa shape index (κ2) is 16.8. The first-order valence-corrected chi connectivity index (χ1v) is 23.2. The molecule has 1 aromatic carbocycles. The minimum atomic E-state index is -1.92. The molecule has 5 fully saturated rings. The Morgan fingerprint density at radius 1 is 0.889 bits per heavy atom. The molecule has 15 heteroatoms. The predicted molar refractivity (Wildman–Crippen MR) is 227 cm³/mol. The van der Waals surface area contributed by atoms with E-state index < -0.39 is 112 Å². The van der Waals surface area contributed by atoms with Gasteiger partial charge in [-0.15, -0.1) is 11.3 Å². The molecule has 5 saturated carbocycles. The standard InChI is InChI=1S/C48H59NO13S/c1-25-31(59-43(56)36(52)35(32-17-12-22-63-32)49-44(57)58-30-15-10-11-16-30)24-46(5)40(61-42(55)27-13-8-7-9-14-27)38-47(6,33(51)23-29-20-21-48(29,38)62-26(2)50)39(53)37(34(25)45(46,3)4)60-41(54)28-18-19-28/h7-9,12-14,17,22,28-31,33,35-38,40,51-52H,10-11,15-16,18-21,23-24H2,1-6H3,(H,49,57)/t29-,31+,33?,35+,36-,37?,38?,40+,46+,47-,48+/m1/s1. The van der Waals surface area contributed by atoms with Crippen molar-refractivity contribution >= 4 is 47.1 Å². The van der Waals surface area contributed by atoms with Crippen LogP contribution < -0.4 is 5.32 Å². The van der Waals surface area contributed by atoms with Gasteiger partial charge >= 0.3 is 30.0 Å². The Morgan fingerprint density at radius 2 is 1.59 bits per heavy atom. The van der Waals surface area contributed by atoms with Crippen LogP contribution in [0.3, 0.4) is 0 Å². The maximum absolute atomic E-state index is 15.8. The van der Waals surface area contributed by atoms with Crippen LogP contribution in [-0.4, -0.2) is 88.2 Å².